The minimum atomic E-state index is 0. The molecule has 0 spiro atoms. The molecule has 2 aliphatic carbocycles. The number of rotatable bonds is 5. The van der Waals surface area contributed by atoms with Crippen molar-refractivity contribution in [3.05, 3.63) is 21.3 Å². The molecule has 0 unspecified atom stereocenters. The number of thiophene rings is 1. The SMILES string of the molecule is CN=C(NCC1(C2CC2)CC1)N(C)Cc1ccc(Cl)s1.I. The van der Waals surface area contributed by atoms with E-state index in [4.69, 9.17) is 11.6 Å². The highest BCUT2D eigenvalue weighted by Crippen LogP contribution is 2.60. The summed E-state index contributed by atoms with van der Waals surface area (Å²) in [7, 11) is 3.94. The average Bonchev–Trinajstić information content (AvgIpc) is 3.31. The molecule has 2 saturated carbocycles. The molecule has 0 radical (unpaired) electrons. The normalized spacial score (nSPS) is 19.9. The molecule has 0 atom stereocenters. The van der Waals surface area contributed by atoms with Crippen molar-refractivity contribution >= 4 is 52.9 Å². The fourth-order valence-corrected chi connectivity index (χ4v) is 4.11. The molecule has 6 heteroatoms. The number of nitrogens with zero attached hydrogens (tertiary/aromatic N) is 2. The van der Waals surface area contributed by atoms with Crippen molar-refractivity contribution in [1.82, 2.24) is 10.2 Å². The van der Waals surface area contributed by atoms with Crippen molar-refractivity contribution in [1.29, 1.82) is 0 Å². The summed E-state index contributed by atoms with van der Waals surface area (Å²) in [6.45, 7) is 1.94. The molecule has 0 saturated heterocycles. The fraction of sp³-hybridized carbons (Fsp3) is 0.667. The van der Waals surface area contributed by atoms with Crippen molar-refractivity contribution in [2.24, 2.45) is 16.3 Å². The lowest BCUT2D eigenvalue weighted by molar-refractivity contribution is 0.410. The Morgan fingerprint density at radius 2 is 2.19 bits per heavy atom. The zero-order valence-corrected chi connectivity index (χ0v) is 16.5. The summed E-state index contributed by atoms with van der Waals surface area (Å²) in [6, 6.07) is 4.04. The van der Waals surface area contributed by atoms with Crippen molar-refractivity contribution < 1.29 is 0 Å². The van der Waals surface area contributed by atoms with E-state index in [1.807, 2.05) is 13.1 Å². The number of guanidine groups is 1. The zero-order chi connectivity index (χ0) is 14.2. The summed E-state index contributed by atoms with van der Waals surface area (Å²) < 4.78 is 0.849. The van der Waals surface area contributed by atoms with Crippen LogP contribution < -0.4 is 5.32 Å². The topological polar surface area (TPSA) is 27.6 Å². The van der Waals surface area contributed by atoms with Gasteiger partial charge in [0, 0.05) is 25.5 Å². The fourth-order valence-electron chi connectivity index (χ4n) is 2.97. The van der Waals surface area contributed by atoms with E-state index >= 15 is 0 Å². The van der Waals surface area contributed by atoms with Gasteiger partial charge in [-0.1, -0.05) is 11.6 Å². The van der Waals surface area contributed by atoms with Gasteiger partial charge in [0.2, 0.25) is 0 Å². The van der Waals surface area contributed by atoms with Crippen molar-refractivity contribution in [2.45, 2.75) is 32.2 Å². The second-order valence-corrected chi connectivity index (χ2v) is 7.90. The van der Waals surface area contributed by atoms with Crippen molar-refractivity contribution in [3.63, 3.8) is 0 Å². The van der Waals surface area contributed by atoms with Crippen molar-refractivity contribution in [3.8, 4) is 0 Å². The molecule has 0 aromatic carbocycles. The van der Waals surface area contributed by atoms with Crippen LogP contribution in [0, 0.1) is 11.3 Å². The Bertz CT molecular complexity index is 509. The Hall–Kier alpha value is -0.0100. The molecule has 3 rings (SSSR count). The van der Waals surface area contributed by atoms with Crippen molar-refractivity contribution in [2.75, 3.05) is 20.6 Å². The van der Waals surface area contributed by atoms with Gasteiger partial charge in [0.25, 0.3) is 0 Å². The molecule has 3 nitrogen and oxygen atoms in total. The third-order valence-corrected chi connectivity index (χ3v) is 5.75. The van der Waals surface area contributed by atoms with Gasteiger partial charge in [-0.3, -0.25) is 4.99 Å². The smallest absolute Gasteiger partial charge is 0.193 e. The van der Waals surface area contributed by atoms with E-state index in [0.717, 1.165) is 29.3 Å². The largest absolute Gasteiger partial charge is 0.356 e. The number of aliphatic imine (C=N–C) groups is 1. The lowest BCUT2D eigenvalue weighted by Gasteiger charge is -2.24. The van der Waals surface area contributed by atoms with E-state index in [2.05, 4.69) is 28.3 Å². The lowest BCUT2D eigenvalue weighted by Crippen LogP contribution is -2.41. The standard InChI is InChI=1S/C15H22ClN3S.HI/c1-17-14(18-10-15(7-8-15)11-3-4-11)19(2)9-12-5-6-13(16)20-12;/h5-6,11H,3-4,7-10H2,1-2H3,(H,17,18);1H. The van der Waals surface area contributed by atoms with Gasteiger partial charge in [-0.05, 0) is 49.1 Å². The number of hydrogen-bond acceptors (Lipinski definition) is 2. The van der Waals surface area contributed by atoms with Crippen LogP contribution in [-0.2, 0) is 6.54 Å². The van der Waals surface area contributed by atoms with Crippen LogP contribution in [0.15, 0.2) is 17.1 Å². The van der Waals surface area contributed by atoms with Crippen LogP contribution in [0.25, 0.3) is 0 Å². The second kappa shape index (κ2) is 7.04. The predicted octanol–water partition coefficient (Wildman–Crippen LogP) is 4.22. The maximum absolute atomic E-state index is 5.98. The second-order valence-electron chi connectivity index (χ2n) is 6.10. The van der Waals surface area contributed by atoms with Gasteiger partial charge < -0.3 is 10.2 Å². The Balaban J connectivity index is 0.00000161. The molecule has 1 N–H and O–H groups in total. The van der Waals surface area contributed by atoms with E-state index in [0.29, 0.717) is 5.41 Å². The highest BCUT2D eigenvalue weighted by molar-refractivity contribution is 14.0. The van der Waals surface area contributed by atoms with Gasteiger partial charge in [0.05, 0.1) is 10.9 Å². The summed E-state index contributed by atoms with van der Waals surface area (Å²) in [5.74, 6) is 1.97. The average molecular weight is 440 g/mol. The van der Waals surface area contributed by atoms with Gasteiger partial charge in [-0.2, -0.15) is 0 Å². The van der Waals surface area contributed by atoms with Gasteiger partial charge in [-0.15, -0.1) is 35.3 Å². The Labute approximate surface area is 153 Å². The maximum Gasteiger partial charge on any atom is 0.193 e. The first-order chi connectivity index (χ1) is 9.63. The molecular formula is C15H23ClIN3S. The van der Waals surface area contributed by atoms with E-state index < -0.39 is 0 Å². The van der Waals surface area contributed by atoms with E-state index in [9.17, 15) is 0 Å². The van der Waals surface area contributed by atoms with E-state index in [1.54, 1.807) is 11.3 Å². The Morgan fingerprint density at radius 3 is 2.67 bits per heavy atom. The molecule has 2 aliphatic rings. The molecule has 21 heavy (non-hydrogen) atoms. The van der Waals surface area contributed by atoms with Crippen LogP contribution in [-0.4, -0.2) is 31.5 Å². The molecule has 0 aliphatic heterocycles. The minimum Gasteiger partial charge on any atom is -0.356 e. The third-order valence-electron chi connectivity index (χ3n) is 4.53. The third kappa shape index (κ3) is 4.26. The van der Waals surface area contributed by atoms with Gasteiger partial charge >= 0.3 is 0 Å². The summed E-state index contributed by atoms with van der Waals surface area (Å²) in [4.78, 5) is 7.84. The van der Waals surface area contributed by atoms with Crippen LogP contribution >= 0.6 is 46.9 Å². The van der Waals surface area contributed by atoms with Crippen LogP contribution in [0.3, 0.4) is 0 Å². The van der Waals surface area contributed by atoms with Gasteiger partial charge in [-0.25, -0.2) is 0 Å². The first-order valence-electron chi connectivity index (χ1n) is 7.29. The molecular weight excluding hydrogens is 417 g/mol. The minimum absolute atomic E-state index is 0. The predicted molar refractivity (Wildman–Crippen MR) is 102 cm³/mol. The number of hydrogen-bond donors (Lipinski definition) is 1. The maximum atomic E-state index is 5.98. The van der Waals surface area contributed by atoms with Crippen LogP contribution in [0.2, 0.25) is 4.34 Å². The number of nitrogens with one attached hydrogen (secondary N) is 1. The highest BCUT2D eigenvalue weighted by atomic mass is 127. The van der Waals surface area contributed by atoms with E-state index in [1.165, 1.54) is 30.6 Å². The first kappa shape index (κ1) is 17.3. The number of halogens is 2. The molecule has 2 fully saturated rings. The molecule has 1 aromatic heterocycles. The molecule has 1 aromatic rings. The van der Waals surface area contributed by atoms with Gasteiger partial charge in [0.1, 0.15) is 0 Å². The Morgan fingerprint density at radius 1 is 1.48 bits per heavy atom. The first-order valence-corrected chi connectivity index (χ1v) is 8.48. The monoisotopic (exact) mass is 439 g/mol. The van der Waals surface area contributed by atoms with Crippen LogP contribution in [0.1, 0.15) is 30.6 Å². The highest BCUT2D eigenvalue weighted by Gasteiger charge is 2.53. The molecule has 0 amide bonds. The quantitative estimate of drug-likeness (QED) is 0.423. The molecule has 118 valence electrons. The Kier molecular flexibility index (Phi) is 5.82. The lowest BCUT2D eigenvalue weighted by atomic mass is 10.0. The van der Waals surface area contributed by atoms with Crippen LogP contribution in [0.5, 0.6) is 0 Å². The molecule has 0 bridgehead atoms. The summed E-state index contributed by atoms with van der Waals surface area (Å²) in [5.41, 5.74) is 0.600. The summed E-state index contributed by atoms with van der Waals surface area (Å²) in [5, 5.41) is 3.57. The zero-order valence-electron chi connectivity index (χ0n) is 12.6. The van der Waals surface area contributed by atoms with Crippen LogP contribution in [0.4, 0.5) is 0 Å². The molecule has 1 heterocycles. The summed E-state index contributed by atoms with van der Waals surface area (Å²) in [6.07, 6.45) is 5.66. The van der Waals surface area contributed by atoms with Gasteiger partial charge in [0.15, 0.2) is 5.96 Å². The summed E-state index contributed by atoms with van der Waals surface area (Å²) >= 11 is 7.62. The van der Waals surface area contributed by atoms with E-state index in [-0.39, 0.29) is 24.0 Å².